The minimum Gasteiger partial charge on any atom is -0.343 e. The Morgan fingerprint density at radius 1 is 0.909 bits per heavy atom. The van der Waals surface area contributed by atoms with Crippen molar-refractivity contribution in [3.05, 3.63) is 63.1 Å². The van der Waals surface area contributed by atoms with Crippen molar-refractivity contribution in [2.24, 2.45) is 0 Å². The van der Waals surface area contributed by atoms with Crippen LogP contribution >= 0.6 is 34.8 Å². The molecule has 22 heavy (non-hydrogen) atoms. The maximum absolute atomic E-state index is 11.8. The molecule has 0 aliphatic rings. The molecule has 0 atom stereocenters. The summed E-state index contributed by atoms with van der Waals surface area (Å²) in [6.07, 6.45) is 0. The fourth-order valence-corrected chi connectivity index (χ4v) is 2.23. The van der Waals surface area contributed by atoms with Crippen LogP contribution in [0, 0.1) is 0 Å². The van der Waals surface area contributed by atoms with E-state index in [-0.39, 0.29) is 12.5 Å². The Morgan fingerprint density at radius 2 is 1.55 bits per heavy atom. The van der Waals surface area contributed by atoms with E-state index < -0.39 is 5.91 Å². The maximum atomic E-state index is 11.8. The number of carbonyl (C=O) groups excluding carboxylic acids is 2. The molecule has 7 heteroatoms. The summed E-state index contributed by atoms with van der Waals surface area (Å²) < 4.78 is 0. The molecular weight excluding hydrogens is 347 g/mol. The predicted molar refractivity (Wildman–Crippen MR) is 88.9 cm³/mol. The number of hydrogen-bond acceptors (Lipinski definition) is 2. The number of rotatable bonds is 4. The van der Waals surface area contributed by atoms with Gasteiger partial charge in [-0.25, -0.2) is 0 Å². The summed E-state index contributed by atoms with van der Waals surface area (Å²) >= 11 is 17.5. The molecule has 0 saturated heterocycles. The van der Waals surface area contributed by atoms with Gasteiger partial charge in [0.1, 0.15) is 0 Å². The van der Waals surface area contributed by atoms with Crippen LogP contribution in [0.2, 0.25) is 15.1 Å². The summed E-state index contributed by atoms with van der Waals surface area (Å²) in [5.41, 5.74) is 0.846. The number of anilines is 1. The van der Waals surface area contributed by atoms with E-state index in [4.69, 9.17) is 34.8 Å². The van der Waals surface area contributed by atoms with E-state index in [9.17, 15) is 9.59 Å². The van der Waals surface area contributed by atoms with Gasteiger partial charge in [0.25, 0.3) is 5.91 Å². The Morgan fingerprint density at radius 3 is 2.18 bits per heavy atom. The average Bonchev–Trinajstić information content (AvgIpc) is 2.48. The van der Waals surface area contributed by atoms with Gasteiger partial charge in [0, 0.05) is 15.6 Å². The van der Waals surface area contributed by atoms with Gasteiger partial charge in [0.2, 0.25) is 5.91 Å². The smallest absolute Gasteiger partial charge is 0.251 e. The van der Waals surface area contributed by atoms with Gasteiger partial charge in [0.05, 0.1) is 17.3 Å². The van der Waals surface area contributed by atoms with Crippen LogP contribution in [0.3, 0.4) is 0 Å². The van der Waals surface area contributed by atoms with E-state index >= 15 is 0 Å². The van der Waals surface area contributed by atoms with E-state index in [2.05, 4.69) is 10.6 Å². The van der Waals surface area contributed by atoms with Crippen molar-refractivity contribution in [2.45, 2.75) is 0 Å². The van der Waals surface area contributed by atoms with Crippen molar-refractivity contribution in [3.8, 4) is 0 Å². The average molecular weight is 358 g/mol. The minimum absolute atomic E-state index is 0.180. The number of benzene rings is 2. The van der Waals surface area contributed by atoms with Gasteiger partial charge in [-0.1, -0.05) is 34.8 Å². The lowest BCUT2D eigenvalue weighted by atomic mass is 10.2. The number of amides is 2. The normalized spacial score (nSPS) is 10.1. The highest BCUT2D eigenvalue weighted by Crippen LogP contribution is 2.25. The first-order valence-corrected chi connectivity index (χ1v) is 7.38. The van der Waals surface area contributed by atoms with Crippen molar-refractivity contribution in [2.75, 3.05) is 11.9 Å². The van der Waals surface area contributed by atoms with Crippen LogP contribution in [0.25, 0.3) is 0 Å². The molecule has 0 spiro atoms. The first-order valence-electron chi connectivity index (χ1n) is 6.24. The molecule has 2 aromatic rings. The zero-order valence-corrected chi connectivity index (χ0v) is 13.5. The molecule has 0 aliphatic heterocycles. The van der Waals surface area contributed by atoms with Gasteiger partial charge in [-0.2, -0.15) is 0 Å². The molecule has 0 saturated carbocycles. The van der Waals surface area contributed by atoms with Crippen LogP contribution in [0.5, 0.6) is 0 Å². The summed E-state index contributed by atoms with van der Waals surface area (Å²) in [5.74, 6) is -0.763. The van der Waals surface area contributed by atoms with Crippen LogP contribution < -0.4 is 10.6 Å². The Labute approximate surface area is 142 Å². The Bertz CT molecular complexity index is 702. The second-order valence-corrected chi connectivity index (χ2v) is 5.64. The zero-order chi connectivity index (χ0) is 16.1. The lowest BCUT2D eigenvalue weighted by Crippen LogP contribution is -2.32. The van der Waals surface area contributed by atoms with Crippen LogP contribution in [0.15, 0.2) is 42.5 Å². The molecular formula is C15H11Cl3N2O2. The first kappa shape index (κ1) is 16.6. The number of nitrogens with one attached hydrogen (secondary N) is 2. The molecule has 2 aromatic carbocycles. The lowest BCUT2D eigenvalue weighted by molar-refractivity contribution is -0.115. The lowest BCUT2D eigenvalue weighted by Gasteiger charge is -2.08. The van der Waals surface area contributed by atoms with E-state index in [1.165, 1.54) is 6.07 Å². The van der Waals surface area contributed by atoms with Gasteiger partial charge in [-0.3, -0.25) is 9.59 Å². The molecule has 0 unspecified atom stereocenters. The van der Waals surface area contributed by atoms with Crippen molar-refractivity contribution in [1.82, 2.24) is 5.32 Å². The SMILES string of the molecule is O=C(CNC(=O)c1ccc(Cl)cc1)Nc1ccc(Cl)cc1Cl. The predicted octanol–water partition coefficient (Wildman–Crippen LogP) is 4.02. The maximum Gasteiger partial charge on any atom is 0.251 e. The topological polar surface area (TPSA) is 58.2 Å². The third-order valence-corrected chi connectivity index (χ3v) is 3.52. The summed E-state index contributed by atoms with van der Waals surface area (Å²) in [5, 5.41) is 6.42. The molecule has 2 N–H and O–H groups in total. The molecule has 4 nitrogen and oxygen atoms in total. The van der Waals surface area contributed by atoms with E-state index in [1.54, 1.807) is 36.4 Å². The fourth-order valence-electron chi connectivity index (χ4n) is 1.65. The Hall–Kier alpha value is -1.75. The fraction of sp³-hybridized carbons (Fsp3) is 0.0667. The highest BCUT2D eigenvalue weighted by Gasteiger charge is 2.09. The second-order valence-electron chi connectivity index (χ2n) is 4.36. The summed E-state index contributed by atoms with van der Waals surface area (Å²) in [4.78, 5) is 23.6. The zero-order valence-electron chi connectivity index (χ0n) is 11.2. The van der Waals surface area contributed by atoms with Gasteiger partial charge >= 0.3 is 0 Å². The summed E-state index contributed by atoms with van der Waals surface area (Å²) in [6.45, 7) is -0.180. The van der Waals surface area contributed by atoms with Crippen LogP contribution in [-0.4, -0.2) is 18.4 Å². The molecule has 0 aromatic heterocycles. The summed E-state index contributed by atoms with van der Waals surface area (Å²) in [7, 11) is 0. The van der Waals surface area contributed by atoms with Gasteiger partial charge in [-0.15, -0.1) is 0 Å². The quantitative estimate of drug-likeness (QED) is 0.868. The van der Waals surface area contributed by atoms with Crippen LogP contribution in [0.4, 0.5) is 5.69 Å². The molecule has 0 aliphatic carbocycles. The monoisotopic (exact) mass is 356 g/mol. The Balaban J connectivity index is 1.89. The van der Waals surface area contributed by atoms with E-state index in [0.717, 1.165) is 0 Å². The third kappa shape index (κ3) is 4.63. The van der Waals surface area contributed by atoms with E-state index in [0.29, 0.717) is 26.3 Å². The largest absolute Gasteiger partial charge is 0.343 e. The van der Waals surface area contributed by atoms with Gasteiger partial charge < -0.3 is 10.6 Å². The third-order valence-electron chi connectivity index (χ3n) is 2.72. The molecule has 2 rings (SSSR count). The molecule has 0 radical (unpaired) electrons. The van der Waals surface area contributed by atoms with Crippen molar-refractivity contribution < 1.29 is 9.59 Å². The standard InChI is InChI=1S/C15H11Cl3N2O2/c16-10-3-1-9(2-4-10)15(22)19-8-14(21)20-13-6-5-11(17)7-12(13)18/h1-7H,8H2,(H,19,22)(H,20,21). The van der Waals surface area contributed by atoms with Crippen molar-refractivity contribution in [3.63, 3.8) is 0 Å². The number of carbonyl (C=O) groups is 2. The highest BCUT2D eigenvalue weighted by atomic mass is 35.5. The number of hydrogen-bond donors (Lipinski definition) is 2. The highest BCUT2D eigenvalue weighted by molar-refractivity contribution is 6.36. The van der Waals surface area contributed by atoms with Crippen LogP contribution in [-0.2, 0) is 4.79 Å². The second kappa shape index (κ2) is 7.49. The van der Waals surface area contributed by atoms with Crippen LogP contribution in [0.1, 0.15) is 10.4 Å². The van der Waals surface area contributed by atoms with Gasteiger partial charge in [-0.05, 0) is 42.5 Å². The first-order chi connectivity index (χ1) is 10.5. The van der Waals surface area contributed by atoms with E-state index in [1.807, 2.05) is 0 Å². The van der Waals surface area contributed by atoms with Crippen molar-refractivity contribution in [1.29, 1.82) is 0 Å². The minimum atomic E-state index is -0.397. The molecule has 0 fully saturated rings. The number of halogens is 3. The molecule has 0 heterocycles. The molecule has 0 bridgehead atoms. The molecule has 2 amide bonds. The van der Waals surface area contributed by atoms with Gasteiger partial charge in [0.15, 0.2) is 0 Å². The van der Waals surface area contributed by atoms with Crippen molar-refractivity contribution >= 4 is 52.3 Å². The summed E-state index contributed by atoms with van der Waals surface area (Å²) in [6, 6.07) is 11.1. The Kier molecular flexibility index (Phi) is 5.66. The molecule has 114 valence electrons.